The summed E-state index contributed by atoms with van der Waals surface area (Å²) in [5, 5.41) is 5.09. The summed E-state index contributed by atoms with van der Waals surface area (Å²) in [6, 6.07) is 7.73. The molecule has 0 unspecified atom stereocenters. The van der Waals surface area contributed by atoms with Crippen molar-refractivity contribution in [1.29, 1.82) is 0 Å². The van der Waals surface area contributed by atoms with E-state index in [1.807, 2.05) is 53.4 Å². The highest BCUT2D eigenvalue weighted by Gasteiger charge is 2.21. The van der Waals surface area contributed by atoms with E-state index in [9.17, 15) is 4.79 Å². The van der Waals surface area contributed by atoms with Gasteiger partial charge in [0.1, 0.15) is 0 Å². The lowest BCUT2D eigenvalue weighted by molar-refractivity contribution is 0.0939. The third-order valence-electron chi connectivity index (χ3n) is 4.50. The fraction of sp³-hybridized carbons (Fsp3) is 0.333. The van der Waals surface area contributed by atoms with Gasteiger partial charge in [-0.2, -0.15) is 0 Å². The van der Waals surface area contributed by atoms with E-state index in [0.717, 1.165) is 35.0 Å². The molecule has 1 amide bonds. The molecule has 4 rings (SSSR count). The van der Waals surface area contributed by atoms with Gasteiger partial charge < -0.3 is 10.2 Å². The number of thiazole rings is 1. The summed E-state index contributed by atoms with van der Waals surface area (Å²) in [5.41, 5.74) is 2.66. The molecule has 1 aromatic carbocycles. The fourth-order valence-electron chi connectivity index (χ4n) is 3.20. The SMILES string of the molecule is C[C@@H](NC(=O)c1ccccc1N1CCCC1)c1cn2ccsc2n1. The van der Waals surface area contributed by atoms with Crippen molar-refractivity contribution >= 4 is 27.9 Å². The third kappa shape index (κ3) is 2.78. The fourth-order valence-corrected chi connectivity index (χ4v) is 3.91. The zero-order valence-corrected chi connectivity index (χ0v) is 14.4. The van der Waals surface area contributed by atoms with Gasteiger partial charge in [0.15, 0.2) is 4.96 Å². The molecule has 24 heavy (non-hydrogen) atoms. The first-order valence-corrected chi connectivity index (χ1v) is 9.17. The van der Waals surface area contributed by atoms with Crippen molar-refractivity contribution in [3.05, 3.63) is 53.3 Å². The van der Waals surface area contributed by atoms with Crippen LogP contribution in [0, 0.1) is 0 Å². The number of hydrogen-bond acceptors (Lipinski definition) is 4. The lowest BCUT2D eigenvalue weighted by Crippen LogP contribution is -2.29. The molecular formula is C18H20N4OS. The van der Waals surface area contributed by atoms with Crippen molar-refractivity contribution in [2.75, 3.05) is 18.0 Å². The Bertz CT molecular complexity index is 834. The van der Waals surface area contributed by atoms with Crippen LogP contribution in [-0.2, 0) is 0 Å². The van der Waals surface area contributed by atoms with E-state index >= 15 is 0 Å². The van der Waals surface area contributed by atoms with Gasteiger partial charge in [-0.25, -0.2) is 4.98 Å². The summed E-state index contributed by atoms with van der Waals surface area (Å²) in [7, 11) is 0. The molecule has 0 bridgehead atoms. The Hall–Kier alpha value is -2.34. The van der Waals surface area contributed by atoms with Gasteiger partial charge in [0.25, 0.3) is 5.91 Å². The van der Waals surface area contributed by atoms with Crippen LogP contribution in [0.1, 0.15) is 41.9 Å². The Kier molecular flexibility index (Phi) is 3.98. The zero-order chi connectivity index (χ0) is 16.5. The van der Waals surface area contributed by atoms with Gasteiger partial charge in [-0.05, 0) is 31.9 Å². The molecule has 5 nitrogen and oxygen atoms in total. The van der Waals surface area contributed by atoms with E-state index < -0.39 is 0 Å². The minimum Gasteiger partial charge on any atom is -0.371 e. The summed E-state index contributed by atoms with van der Waals surface area (Å²) < 4.78 is 1.99. The van der Waals surface area contributed by atoms with E-state index in [4.69, 9.17) is 0 Å². The molecule has 3 aromatic rings. The van der Waals surface area contributed by atoms with Gasteiger partial charge in [0, 0.05) is 36.6 Å². The minimum atomic E-state index is -0.128. The van der Waals surface area contributed by atoms with Crippen LogP contribution in [0.4, 0.5) is 5.69 Å². The van der Waals surface area contributed by atoms with Crippen molar-refractivity contribution in [2.24, 2.45) is 0 Å². The number of carbonyl (C=O) groups is 1. The highest BCUT2D eigenvalue weighted by atomic mass is 32.1. The van der Waals surface area contributed by atoms with Crippen molar-refractivity contribution in [2.45, 2.75) is 25.8 Å². The first kappa shape index (κ1) is 15.2. The van der Waals surface area contributed by atoms with E-state index in [-0.39, 0.29) is 11.9 Å². The second kappa shape index (κ2) is 6.28. The molecule has 6 heteroatoms. The Morgan fingerprint density at radius 1 is 1.29 bits per heavy atom. The number of para-hydroxylation sites is 1. The van der Waals surface area contributed by atoms with Gasteiger partial charge >= 0.3 is 0 Å². The van der Waals surface area contributed by atoms with E-state index in [1.165, 1.54) is 12.8 Å². The number of amides is 1. The summed E-state index contributed by atoms with van der Waals surface area (Å²) in [6.45, 7) is 4.02. The van der Waals surface area contributed by atoms with E-state index in [1.54, 1.807) is 11.3 Å². The highest BCUT2D eigenvalue weighted by Crippen LogP contribution is 2.25. The van der Waals surface area contributed by atoms with Gasteiger partial charge in [0.2, 0.25) is 0 Å². The quantitative estimate of drug-likeness (QED) is 0.791. The Morgan fingerprint density at radius 3 is 2.88 bits per heavy atom. The maximum Gasteiger partial charge on any atom is 0.253 e. The number of fused-ring (bicyclic) bond motifs is 1. The number of aromatic nitrogens is 2. The second-order valence-electron chi connectivity index (χ2n) is 6.17. The molecular weight excluding hydrogens is 320 g/mol. The Labute approximate surface area is 144 Å². The first-order chi connectivity index (χ1) is 11.7. The summed E-state index contributed by atoms with van der Waals surface area (Å²) in [6.07, 6.45) is 6.34. The molecule has 0 spiro atoms. The molecule has 0 aliphatic carbocycles. The van der Waals surface area contributed by atoms with Crippen molar-refractivity contribution in [3.63, 3.8) is 0 Å². The number of imidazole rings is 1. The first-order valence-electron chi connectivity index (χ1n) is 8.29. The third-order valence-corrected chi connectivity index (χ3v) is 5.27. The molecule has 1 atom stereocenters. The molecule has 0 saturated carbocycles. The summed E-state index contributed by atoms with van der Waals surface area (Å²) in [4.78, 5) is 20.6. The van der Waals surface area contributed by atoms with Gasteiger partial charge in [-0.1, -0.05) is 12.1 Å². The van der Waals surface area contributed by atoms with Crippen LogP contribution in [0.25, 0.3) is 4.96 Å². The predicted molar refractivity (Wildman–Crippen MR) is 96.8 cm³/mol. The second-order valence-corrected chi connectivity index (χ2v) is 7.04. The van der Waals surface area contributed by atoms with Crippen LogP contribution in [0.2, 0.25) is 0 Å². The largest absolute Gasteiger partial charge is 0.371 e. The Morgan fingerprint density at radius 2 is 2.08 bits per heavy atom. The lowest BCUT2D eigenvalue weighted by Gasteiger charge is -2.21. The van der Waals surface area contributed by atoms with Crippen LogP contribution in [-0.4, -0.2) is 28.4 Å². The maximum absolute atomic E-state index is 12.8. The van der Waals surface area contributed by atoms with Crippen LogP contribution >= 0.6 is 11.3 Å². The van der Waals surface area contributed by atoms with Crippen molar-refractivity contribution < 1.29 is 4.79 Å². The molecule has 3 heterocycles. The highest BCUT2D eigenvalue weighted by molar-refractivity contribution is 7.15. The molecule has 1 N–H and O–H groups in total. The van der Waals surface area contributed by atoms with Crippen LogP contribution in [0.5, 0.6) is 0 Å². The van der Waals surface area contributed by atoms with E-state index in [0.29, 0.717) is 0 Å². The van der Waals surface area contributed by atoms with Crippen LogP contribution in [0.3, 0.4) is 0 Å². The summed E-state index contributed by atoms with van der Waals surface area (Å²) in [5.74, 6) is -0.0404. The average molecular weight is 340 g/mol. The number of nitrogens with zero attached hydrogens (tertiary/aromatic N) is 3. The summed E-state index contributed by atoms with van der Waals surface area (Å²) >= 11 is 1.59. The van der Waals surface area contributed by atoms with Gasteiger partial charge in [-0.15, -0.1) is 11.3 Å². The molecule has 0 radical (unpaired) electrons. The van der Waals surface area contributed by atoms with Gasteiger partial charge in [0.05, 0.1) is 17.3 Å². The van der Waals surface area contributed by atoms with E-state index in [2.05, 4.69) is 15.2 Å². The number of nitrogens with one attached hydrogen (secondary N) is 1. The molecule has 1 aliphatic rings. The topological polar surface area (TPSA) is 49.6 Å². The number of hydrogen-bond donors (Lipinski definition) is 1. The Balaban J connectivity index is 1.54. The standard InChI is InChI=1S/C18H20N4OS/c1-13(15-12-22-10-11-24-18(22)20-15)19-17(23)14-6-2-3-7-16(14)21-8-4-5-9-21/h2-3,6-7,10-13H,4-5,8-9H2,1H3,(H,19,23)/t13-/m1/s1. The average Bonchev–Trinajstić information content (AvgIpc) is 3.31. The van der Waals surface area contributed by atoms with Crippen LogP contribution < -0.4 is 10.2 Å². The molecule has 2 aromatic heterocycles. The maximum atomic E-state index is 12.8. The minimum absolute atomic E-state index is 0.0404. The van der Waals surface area contributed by atoms with Crippen LogP contribution in [0.15, 0.2) is 42.0 Å². The van der Waals surface area contributed by atoms with Crippen molar-refractivity contribution in [1.82, 2.24) is 14.7 Å². The predicted octanol–water partition coefficient (Wildman–Crippen LogP) is 3.49. The molecule has 1 aliphatic heterocycles. The number of anilines is 1. The van der Waals surface area contributed by atoms with Gasteiger partial charge in [-0.3, -0.25) is 9.20 Å². The number of benzene rings is 1. The monoisotopic (exact) mass is 340 g/mol. The molecule has 1 fully saturated rings. The number of rotatable bonds is 4. The molecule has 1 saturated heterocycles. The normalized spacial score (nSPS) is 15.8. The smallest absolute Gasteiger partial charge is 0.253 e. The molecule has 124 valence electrons. The number of carbonyl (C=O) groups excluding carboxylic acids is 1. The lowest BCUT2D eigenvalue weighted by atomic mass is 10.1. The zero-order valence-electron chi connectivity index (χ0n) is 13.6. The van der Waals surface area contributed by atoms with Crippen molar-refractivity contribution in [3.8, 4) is 0 Å².